The number of aryl methyl sites for hydroxylation is 1. The minimum Gasteiger partial charge on any atom is -0.469 e. The van der Waals surface area contributed by atoms with E-state index in [0.717, 1.165) is 37.6 Å². The first-order chi connectivity index (χ1) is 12.7. The molecule has 8 heteroatoms. The molecule has 1 aromatic carbocycles. The third-order valence-corrected chi connectivity index (χ3v) is 4.67. The van der Waals surface area contributed by atoms with Crippen LogP contribution in [-0.4, -0.2) is 45.2 Å². The van der Waals surface area contributed by atoms with Crippen molar-refractivity contribution in [2.24, 2.45) is 0 Å². The summed E-state index contributed by atoms with van der Waals surface area (Å²) >= 11 is 0. The van der Waals surface area contributed by atoms with Gasteiger partial charge in [0, 0.05) is 19.1 Å². The zero-order valence-electron chi connectivity index (χ0n) is 14.5. The number of aromatic nitrogens is 4. The summed E-state index contributed by atoms with van der Waals surface area (Å²) in [6.45, 7) is 3.35. The molecule has 2 aromatic heterocycles. The minimum atomic E-state index is -0.0798. The molecule has 0 saturated carbocycles. The van der Waals surface area contributed by atoms with Gasteiger partial charge in [0.05, 0.1) is 17.5 Å². The summed E-state index contributed by atoms with van der Waals surface area (Å²) in [5, 5.41) is 15.2. The standard InChI is InChI=1S/C18H20N6O2/c1-13-16(9-12-26-13)17(25)19-14-7-10-23(11-8-14)18-20-21-22-24(18)15-5-3-2-4-6-15/h2-6,9,12,14H,7-8,10-11H2,1H3,(H,19,25). The number of nitrogens with zero attached hydrogens (tertiary/aromatic N) is 5. The molecule has 1 N–H and O–H groups in total. The van der Waals surface area contributed by atoms with Crippen molar-refractivity contribution in [2.75, 3.05) is 18.0 Å². The van der Waals surface area contributed by atoms with E-state index in [4.69, 9.17) is 4.42 Å². The largest absolute Gasteiger partial charge is 0.469 e. The summed E-state index contributed by atoms with van der Waals surface area (Å²) in [4.78, 5) is 14.5. The average Bonchev–Trinajstić information content (AvgIpc) is 3.32. The highest BCUT2D eigenvalue weighted by Crippen LogP contribution is 2.20. The van der Waals surface area contributed by atoms with Crippen LogP contribution >= 0.6 is 0 Å². The van der Waals surface area contributed by atoms with Crippen LogP contribution in [0.3, 0.4) is 0 Å². The van der Waals surface area contributed by atoms with Gasteiger partial charge in [-0.1, -0.05) is 23.3 Å². The van der Waals surface area contributed by atoms with Crippen LogP contribution in [0.4, 0.5) is 5.95 Å². The molecule has 134 valence electrons. The van der Waals surface area contributed by atoms with E-state index in [1.165, 1.54) is 6.26 Å². The molecule has 1 aliphatic rings. The van der Waals surface area contributed by atoms with Crippen LogP contribution in [0, 0.1) is 6.92 Å². The summed E-state index contributed by atoms with van der Waals surface area (Å²) in [5.74, 6) is 1.29. The number of benzene rings is 1. The average molecular weight is 352 g/mol. The SMILES string of the molecule is Cc1occc1C(=O)NC1CCN(c2nnnn2-c2ccccc2)CC1. The van der Waals surface area contributed by atoms with Crippen LogP contribution in [-0.2, 0) is 0 Å². The zero-order chi connectivity index (χ0) is 17.9. The van der Waals surface area contributed by atoms with E-state index in [-0.39, 0.29) is 11.9 Å². The van der Waals surface area contributed by atoms with Gasteiger partial charge < -0.3 is 14.6 Å². The van der Waals surface area contributed by atoms with E-state index in [0.29, 0.717) is 11.3 Å². The second-order valence-corrected chi connectivity index (χ2v) is 6.35. The number of tetrazole rings is 1. The molecule has 0 spiro atoms. The van der Waals surface area contributed by atoms with Crippen molar-refractivity contribution in [3.05, 3.63) is 54.0 Å². The van der Waals surface area contributed by atoms with Crippen molar-refractivity contribution in [3.8, 4) is 5.69 Å². The first-order valence-corrected chi connectivity index (χ1v) is 8.66. The van der Waals surface area contributed by atoms with E-state index in [1.54, 1.807) is 17.7 Å². The molecule has 1 amide bonds. The molecule has 3 heterocycles. The highest BCUT2D eigenvalue weighted by atomic mass is 16.3. The minimum absolute atomic E-state index is 0.0798. The highest BCUT2D eigenvalue weighted by molar-refractivity contribution is 5.95. The fraction of sp³-hybridized carbons (Fsp3) is 0.333. The smallest absolute Gasteiger partial charge is 0.255 e. The fourth-order valence-electron chi connectivity index (χ4n) is 3.22. The molecular weight excluding hydrogens is 332 g/mol. The van der Waals surface area contributed by atoms with Gasteiger partial charge in [-0.2, -0.15) is 4.68 Å². The van der Waals surface area contributed by atoms with Crippen LogP contribution in [0.25, 0.3) is 5.69 Å². The van der Waals surface area contributed by atoms with Gasteiger partial charge in [0.25, 0.3) is 5.91 Å². The number of carbonyl (C=O) groups is 1. The van der Waals surface area contributed by atoms with Crippen LogP contribution < -0.4 is 10.2 Å². The topological polar surface area (TPSA) is 89.1 Å². The van der Waals surface area contributed by atoms with Crippen molar-refractivity contribution >= 4 is 11.9 Å². The van der Waals surface area contributed by atoms with E-state index >= 15 is 0 Å². The molecule has 3 aromatic rings. The number of piperidine rings is 1. The molecule has 1 fully saturated rings. The van der Waals surface area contributed by atoms with E-state index in [9.17, 15) is 4.79 Å². The number of carbonyl (C=O) groups excluding carboxylic acids is 1. The molecule has 0 aliphatic carbocycles. The predicted molar refractivity (Wildman–Crippen MR) is 95.3 cm³/mol. The molecular formula is C18H20N6O2. The number of furan rings is 1. The van der Waals surface area contributed by atoms with Gasteiger partial charge in [-0.25, -0.2) is 0 Å². The second kappa shape index (κ2) is 6.99. The molecule has 0 unspecified atom stereocenters. The third kappa shape index (κ3) is 3.17. The van der Waals surface area contributed by atoms with Gasteiger partial charge in [0.15, 0.2) is 0 Å². The number of hydrogen-bond acceptors (Lipinski definition) is 6. The van der Waals surface area contributed by atoms with Gasteiger partial charge in [0.2, 0.25) is 5.95 Å². The van der Waals surface area contributed by atoms with E-state index < -0.39 is 0 Å². The summed E-state index contributed by atoms with van der Waals surface area (Å²) < 4.78 is 6.95. The van der Waals surface area contributed by atoms with Crippen molar-refractivity contribution in [1.29, 1.82) is 0 Å². The van der Waals surface area contributed by atoms with Crippen LogP contribution in [0.15, 0.2) is 47.1 Å². The Kier molecular flexibility index (Phi) is 4.39. The highest BCUT2D eigenvalue weighted by Gasteiger charge is 2.25. The number of amides is 1. The number of hydrogen-bond donors (Lipinski definition) is 1. The maximum atomic E-state index is 12.3. The lowest BCUT2D eigenvalue weighted by atomic mass is 10.0. The predicted octanol–water partition coefficient (Wildman–Crippen LogP) is 1.96. The van der Waals surface area contributed by atoms with E-state index in [1.807, 2.05) is 30.3 Å². The lowest BCUT2D eigenvalue weighted by Gasteiger charge is -2.32. The zero-order valence-corrected chi connectivity index (χ0v) is 14.5. The third-order valence-electron chi connectivity index (χ3n) is 4.67. The molecule has 26 heavy (non-hydrogen) atoms. The van der Waals surface area contributed by atoms with Gasteiger partial charge in [0.1, 0.15) is 5.76 Å². The molecule has 1 aliphatic heterocycles. The van der Waals surface area contributed by atoms with Gasteiger partial charge in [-0.3, -0.25) is 4.79 Å². The quantitative estimate of drug-likeness (QED) is 0.772. The molecule has 0 bridgehead atoms. The van der Waals surface area contributed by atoms with Crippen LogP contribution in [0.5, 0.6) is 0 Å². The van der Waals surface area contributed by atoms with Crippen LogP contribution in [0.2, 0.25) is 0 Å². The molecule has 1 saturated heterocycles. The Hall–Kier alpha value is -3.16. The van der Waals surface area contributed by atoms with Gasteiger partial charge in [-0.15, -0.1) is 0 Å². The van der Waals surface area contributed by atoms with Crippen molar-refractivity contribution in [1.82, 2.24) is 25.5 Å². The van der Waals surface area contributed by atoms with Crippen molar-refractivity contribution in [3.63, 3.8) is 0 Å². The lowest BCUT2D eigenvalue weighted by Crippen LogP contribution is -2.45. The van der Waals surface area contributed by atoms with Crippen LogP contribution in [0.1, 0.15) is 29.0 Å². The first-order valence-electron chi connectivity index (χ1n) is 8.66. The Labute approximate surface area is 150 Å². The Bertz CT molecular complexity index is 880. The van der Waals surface area contributed by atoms with Gasteiger partial charge >= 0.3 is 0 Å². The molecule has 4 rings (SSSR count). The van der Waals surface area contributed by atoms with Gasteiger partial charge in [-0.05, 0) is 48.4 Å². The summed E-state index contributed by atoms with van der Waals surface area (Å²) in [7, 11) is 0. The first kappa shape index (κ1) is 16.3. The number of nitrogens with one attached hydrogen (secondary N) is 1. The monoisotopic (exact) mass is 352 g/mol. The lowest BCUT2D eigenvalue weighted by molar-refractivity contribution is 0.0929. The number of para-hydroxylation sites is 1. The normalized spacial score (nSPS) is 15.2. The number of anilines is 1. The Morgan fingerprint density at radius 1 is 1.19 bits per heavy atom. The second-order valence-electron chi connectivity index (χ2n) is 6.35. The number of rotatable bonds is 4. The molecule has 0 atom stereocenters. The fourth-order valence-corrected chi connectivity index (χ4v) is 3.22. The molecule has 0 radical (unpaired) electrons. The Balaban J connectivity index is 1.40. The summed E-state index contributed by atoms with van der Waals surface area (Å²) in [6.07, 6.45) is 3.21. The van der Waals surface area contributed by atoms with E-state index in [2.05, 4.69) is 25.7 Å². The summed E-state index contributed by atoms with van der Waals surface area (Å²) in [5.41, 5.74) is 1.53. The Morgan fingerprint density at radius 2 is 1.96 bits per heavy atom. The maximum absolute atomic E-state index is 12.3. The molecule has 8 nitrogen and oxygen atoms in total. The van der Waals surface area contributed by atoms with Crippen molar-refractivity contribution < 1.29 is 9.21 Å². The van der Waals surface area contributed by atoms with Crippen molar-refractivity contribution in [2.45, 2.75) is 25.8 Å². The Morgan fingerprint density at radius 3 is 2.65 bits per heavy atom. The maximum Gasteiger partial charge on any atom is 0.255 e. The summed E-state index contributed by atoms with van der Waals surface area (Å²) in [6, 6.07) is 11.7.